The van der Waals surface area contributed by atoms with Crippen LogP contribution in [0.4, 0.5) is 0 Å². The lowest BCUT2D eigenvalue weighted by Crippen LogP contribution is -2.43. The van der Waals surface area contributed by atoms with Crippen molar-refractivity contribution in [3.05, 3.63) is 18.2 Å². The van der Waals surface area contributed by atoms with Gasteiger partial charge in [-0.25, -0.2) is 0 Å². The Bertz CT molecular complexity index is 410. The predicted octanol–water partition coefficient (Wildman–Crippen LogP) is 1.32. The molecule has 0 saturated heterocycles. The molecule has 0 fully saturated rings. The van der Waals surface area contributed by atoms with E-state index < -0.39 is 12.2 Å². The monoisotopic (exact) mass is 267 g/mol. The fourth-order valence-corrected chi connectivity index (χ4v) is 1.83. The number of unbranched alkanes of at least 4 members (excludes halogenated alkanes) is 1. The Morgan fingerprint density at radius 3 is 3.05 bits per heavy atom. The zero-order chi connectivity index (χ0) is 13.7. The van der Waals surface area contributed by atoms with E-state index in [9.17, 15) is 5.11 Å². The fourth-order valence-electron chi connectivity index (χ4n) is 1.83. The molecule has 1 aromatic rings. The van der Waals surface area contributed by atoms with Crippen molar-refractivity contribution in [1.29, 1.82) is 0 Å². The van der Waals surface area contributed by atoms with Crippen molar-refractivity contribution in [3.8, 4) is 17.2 Å². The minimum atomic E-state index is -0.714. The van der Waals surface area contributed by atoms with E-state index in [2.05, 4.69) is 6.92 Å². The summed E-state index contributed by atoms with van der Waals surface area (Å²) in [5, 5.41) is 9.65. The lowest BCUT2D eigenvalue weighted by atomic mass is 10.2. The van der Waals surface area contributed by atoms with E-state index in [4.69, 9.17) is 19.9 Å². The Morgan fingerprint density at radius 2 is 2.32 bits per heavy atom. The molecule has 0 radical (unpaired) electrons. The summed E-state index contributed by atoms with van der Waals surface area (Å²) < 4.78 is 16.8. The van der Waals surface area contributed by atoms with E-state index in [-0.39, 0.29) is 6.54 Å². The van der Waals surface area contributed by atoms with Gasteiger partial charge in [0.1, 0.15) is 18.5 Å². The highest BCUT2D eigenvalue weighted by Gasteiger charge is 2.26. The Labute approximate surface area is 113 Å². The van der Waals surface area contributed by atoms with Crippen LogP contribution in [-0.4, -0.2) is 37.1 Å². The molecule has 2 rings (SSSR count). The van der Waals surface area contributed by atoms with Gasteiger partial charge in [0, 0.05) is 12.6 Å². The largest absolute Gasteiger partial charge is 0.493 e. The zero-order valence-corrected chi connectivity index (χ0v) is 11.2. The van der Waals surface area contributed by atoms with E-state index in [0.29, 0.717) is 24.7 Å². The Morgan fingerprint density at radius 1 is 1.47 bits per heavy atom. The van der Waals surface area contributed by atoms with Crippen molar-refractivity contribution >= 4 is 0 Å². The standard InChI is InChI=1S/C14H21NO4/c1-2-3-6-17-10-4-5-12-13(7-10)18-9-14(19-12)11(16)8-15/h4-5,7,11,14,16H,2-3,6,8-9,15H2,1H3. The third kappa shape index (κ3) is 3.52. The second-order valence-corrected chi connectivity index (χ2v) is 4.58. The van der Waals surface area contributed by atoms with Gasteiger partial charge >= 0.3 is 0 Å². The Kier molecular flexibility index (Phi) is 4.87. The van der Waals surface area contributed by atoms with Gasteiger partial charge in [-0.1, -0.05) is 13.3 Å². The van der Waals surface area contributed by atoms with E-state index in [1.807, 2.05) is 12.1 Å². The lowest BCUT2D eigenvalue weighted by Gasteiger charge is -2.29. The van der Waals surface area contributed by atoms with Crippen LogP contribution >= 0.6 is 0 Å². The number of benzene rings is 1. The van der Waals surface area contributed by atoms with Gasteiger partial charge in [-0.2, -0.15) is 0 Å². The normalized spacial score (nSPS) is 19.0. The van der Waals surface area contributed by atoms with Crippen molar-refractivity contribution in [2.24, 2.45) is 5.73 Å². The maximum Gasteiger partial charge on any atom is 0.165 e. The molecule has 106 valence electrons. The van der Waals surface area contributed by atoms with Gasteiger partial charge in [0.05, 0.1) is 6.61 Å². The molecular formula is C14H21NO4. The highest BCUT2D eigenvalue weighted by Crippen LogP contribution is 2.35. The molecule has 1 aromatic carbocycles. The summed E-state index contributed by atoms with van der Waals surface area (Å²) in [6.07, 6.45) is 1.00. The van der Waals surface area contributed by atoms with Crippen molar-refractivity contribution < 1.29 is 19.3 Å². The van der Waals surface area contributed by atoms with Crippen molar-refractivity contribution in [1.82, 2.24) is 0 Å². The summed E-state index contributed by atoms with van der Waals surface area (Å²) in [7, 11) is 0. The molecule has 5 nitrogen and oxygen atoms in total. The highest BCUT2D eigenvalue weighted by atomic mass is 16.6. The van der Waals surface area contributed by atoms with Gasteiger partial charge in [0.15, 0.2) is 17.6 Å². The molecule has 5 heteroatoms. The van der Waals surface area contributed by atoms with E-state index >= 15 is 0 Å². The number of aliphatic hydroxyl groups excluding tert-OH is 1. The highest BCUT2D eigenvalue weighted by molar-refractivity contribution is 5.46. The van der Waals surface area contributed by atoms with Crippen LogP contribution in [0.3, 0.4) is 0 Å². The lowest BCUT2D eigenvalue weighted by molar-refractivity contribution is -0.00545. The summed E-state index contributed by atoms with van der Waals surface area (Å²) in [4.78, 5) is 0. The number of hydrogen-bond donors (Lipinski definition) is 2. The van der Waals surface area contributed by atoms with Gasteiger partial charge in [-0.05, 0) is 18.6 Å². The number of ether oxygens (including phenoxy) is 3. The molecule has 1 aliphatic rings. The van der Waals surface area contributed by atoms with Gasteiger partial charge in [-0.15, -0.1) is 0 Å². The SMILES string of the molecule is CCCCOc1ccc2c(c1)OCC(C(O)CN)O2. The van der Waals surface area contributed by atoms with Crippen LogP contribution in [0.25, 0.3) is 0 Å². The quantitative estimate of drug-likeness (QED) is 0.761. The number of rotatable bonds is 6. The molecule has 3 N–H and O–H groups in total. The van der Waals surface area contributed by atoms with Gasteiger partial charge in [0.25, 0.3) is 0 Å². The fraction of sp³-hybridized carbons (Fsp3) is 0.571. The van der Waals surface area contributed by atoms with E-state index in [1.54, 1.807) is 6.07 Å². The number of hydrogen-bond acceptors (Lipinski definition) is 5. The first-order valence-electron chi connectivity index (χ1n) is 6.69. The van der Waals surface area contributed by atoms with Crippen LogP contribution in [0.5, 0.6) is 17.2 Å². The zero-order valence-electron chi connectivity index (χ0n) is 11.2. The minimum Gasteiger partial charge on any atom is -0.493 e. The Balaban J connectivity index is 1.99. The first-order chi connectivity index (χ1) is 9.24. The summed E-state index contributed by atoms with van der Waals surface area (Å²) in [6, 6.07) is 5.46. The third-order valence-corrected chi connectivity index (χ3v) is 3.03. The van der Waals surface area contributed by atoms with Gasteiger partial charge in [0.2, 0.25) is 0 Å². The van der Waals surface area contributed by atoms with Crippen molar-refractivity contribution in [3.63, 3.8) is 0 Å². The van der Waals surface area contributed by atoms with Crippen molar-refractivity contribution in [2.45, 2.75) is 32.0 Å². The molecule has 1 aliphatic heterocycles. The molecule has 0 saturated carbocycles. The van der Waals surface area contributed by atoms with E-state index in [0.717, 1.165) is 18.6 Å². The van der Waals surface area contributed by atoms with Crippen LogP contribution in [0.15, 0.2) is 18.2 Å². The molecule has 0 spiro atoms. The summed E-state index contributed by atoms with van der Waals surface area (Å²) in [6.45, 7) is 3.27. The van der Waals surface area contributed by atoms with Gasteiger partial charge < -0.3 is 25.1 Å². The summed E-state index contributed by atoms with van der Waals surface area (Å²) in [5.74, 6) is 2.04. The minimum absolute atomic E-state index is 0.154. The average molecular weight is 267 g/mol. The average Bonchev–Trinajstić information content (AvgIpc) is 2.46. The molecule has 19 heavy (non-hydrogen) atoms. The van der Waals surface area contributed by atoms with Crippen LogP contribution in [0.1, 0.15) is 19.8 Å². The number of aliphatic hydroxyl groups is 1. The summed E-state index contributed by atoms with van der Waals surface area (Å²) >= 11 is 0. The van der Waals surface area contributed by atoms with Crippen LogP contribution < -0.4 is 19.9 Å². The molecule has 0 aromatic heterocycles. The van der Waals surface area contributed by atoms with Crippen LogP contribution in [0.2, 0.25) is 0 Å². The number of nitrogens with two attached hydrogens (primary N) is 1. The second kappa shape index (κ2) is 6.63. The number of fused-ring (bicyclic) bond motifs is 1. The van der Waals surface area contributed by atoms with Crippen LogP contribution in [-0.2, 0) is 0 Å². The maximum atomic E-state index is 9.65. The molecule has 0 amide bonds. The molecule has 0 bridgehead atoms. The first kappa shape index (κ1) is 14.0. The maximum absolute atomic E-state index is 9.65. The molecule has 1 heterocycles. The smallest absolute Gasteiger partial charge is 0.165 e. The molecule has 2 atom stereocenters. The summed E-state index contributed by atoms with van der Waals surface area (Å²) in [5.41, 5.74) is 5.41. The van der Waals surface area contributed by atoms with Gasteiger partial charge in [-0.3, -0.25) is 0 Å². The second-order valence-electron chi connectivity index (χ2n) is 4.58. The van der Waals surface area contributed by atoms with Crippen LogP contribution in [0, 0.1) is 0 Å². The molecule has 2 unspecified atom stereocenters. The predicted molar refractivity (Wildman–Crippen MR) is 71.8 cm³/mol. The Hall–Kier alpha value is -1.46. The molecule has 0 aliphatic carbocycles. The first-order valence-corrected chi connectivity index (χ1v) is 6.69. The topological polar surface area (TPSA) is 73.9 Å². The third-order valence-electron chi connectivity index (χ3n) is 3.03. The van der Waals surface area contributed by atoms with Crippen molar-refractivity contribution in [2.75, 3.05) is 19.8 Å². The molecular weight excluding hydrogens is 246 g/mol. The van der Waals surface area contributed by atoms with E-state index in [1.165, 1.54) is 0 Å².